The Labute approximate surface area is 109 Å². The van der Waals surface area contributed by atoms with E-state index in [9.17, 15) is 0 Å². The van der Waals surface area contributed by atoms with Gasteiger partial charge in [0.2, 0.25) is 0 Å². The van der Waals surface area contributed by atoms with Crippen LogP contribution in [0.3, 0.4) is 0 Å². The van der Waals surface area contributed by atoms with Crippen molar-refractivity contribution in [3.63, 3.8) is 0 Å². The highest BCUT2D eigenvalue weighted by atomic mass is 35.5. The standard InChI is InChI=1S/C14H21ClN2/c1-17(2)11-14(9-3-4-10-16-14)12-5-7-13(15)8-6-12/h5-8,16H,3-4,9-11H2,1-2H3. The molecule has 0 saturated carbocycles. The molecule has 1 aliphatic heterocycles. The van der Waals surface area contributed by atoms with E-state index in [1.165, 1.54) is 24.8 Å². The van der Waals surface area contributed by atoms with Gasteiger partial charge in [0.15, 0.2) is 0 Å². The number of nitrogens with zero attached hydrogens (tertiary/aromatic N) is 1. The molecule has 2 rings (SSSR count). The number of likely N-dealkylation sites (N-methyl/N-ethyl adjacent to an activating group) is 1. The summed E-state index contributed by atoms with van der Waals surface area (Å²) in [6.45, 7) is 2.14. The van der Waals surface area contributed by atoms with Crippen molar-refractivity contribution in [1.29, 1.82) is 0 Å². The summed E-state index contributed by atoms with van der Waals surface area (Å²) < 4.78 is 0. The van der Waals surface area contributed by atoms with E-state index < -0.39 is 0 Å². The second-order valence-corrected chi connectivity index (χ2v) is 5.65. The molecule has 1 aromatic carbocycles. The van der Waals surface area contributed by atoms with E-state index in [0.29, 0.717) is 0 Å². The van der Waals surface area contributed by atoms with Crippen LogP contribution in [0.25, 0.3) is 0 Å². The number of piperidine rings is 1. The molecule has 2 nitrogen and oxygen atoms in total. The van der Waals surface area contributed by atoms with Gasteiger partial charge in [-0.3, -0.25) is 0 Å². The molecule has 94 valence electrons. The Kier molecular flexibility index (Phi) is 4.08. The molecule has 1 atom stereocenters. The molecule has 0 aromatic heterocycles. The molecular weight excluding hydrogens is 232 g/mol. The van der Waals surface area contributed by atoms with E-state index in [0.717, 1.165) is 18.1 Å². The predicted molar refractivity (Wildman–Crippen MR) is 73.5 cm³/mol. The lowest BCUT2D eigenvalue weighted by atomic mass is 9.82. The second kappa shape index (κ2) is 5.38. The summed E-state index contributed by atoms with van der Waals surface area (Å²) in [5.41, 5.74) is 1.46. The molecule has 0 aliphatic carbocycles. The zero-order valence-corrected chi connectivity index (χ0v) is 11.4. The van der Waals surface area contributed by atoms with Crippen molar-refractivity contribution in [3.8, 4) is 0 Å². The fourth-order valence-electron chi connectivity index (χ4n) is 2.75. The van der Waals surface area contributed by atoms with Gasteiger partial charge >= 0.3 is 0 Å². The summed E-state index contributed by atoms with van der Waals surface area (Å²) in [6, 6.07) is 8.30. The average Bonchev–Trinajstić information content (AvgIpc) is 2.30. The van der Waals surface area contributed by atoms with Crippen molar-refractivity contribution in [1.82, 2.24) is 10.2 Å². The Morgan fingerprint density at radius 3 is 2.47 bits per heavy atom. The molecule has 1 fully saturated rings. The molecule has 1 heterocycles. The number of halogens is 1. The summed E-state index contributed by atoms with van der Waals surface area (Å²) in [5, 5.41) is 4.52. The van der Waals surface area contributed by atoms with E-state index in [4.69, 9.17) is 11.6 Å². The normalized spacial score (nSPS) is 25.2. The molecule has 1 aromatic rings. The van der Waals surface area contributed by atoms with Crippen LogP contribution in [0, 0.1) is 0 Å². The van der Waals surface area contributed by atoms with Crippen molar-refractivity contribution >= 4 is 11.6 Å². The molecule has 17 heavy (non-hydrogen) atoms. The topological polar surface area (TPSA) is 15.3 Å². The smallest absolute Gasteiger partial charge is 0.0563 e. The highest BCUT2D eigenvalue weighted by Gasteiger charge is 2.33. The number of benzene rings is 1. The van der Waals surface area contributed by atoms with Gasteiger partial charge in [0, 0.05) is 11.6 Å². The van der Waals surface area contributed by atoms with E-state index in [2.05, 4.69) is 36.4 Å². The maximum Gasteiger partial charge on any atom is 0.0563 e. The minimum Gasteiger partial charge on any atom is -0.307 e. The van der Waals surface area contributed by atoms with E-state index in [1.807, 2.05) is 12.1 Å². The molecule has 0 bridgehead atoms. The van der Waals surface area contributed by atoms with Crippen molar-refractivity contribution in [2.24, 2.45) is 0 Å². The monoisotopic (exact) mass is 252 g/mol. The van der Waals surface area contributed by atoms with E-state index in [-0.39, 0.29) is 5.54 Å². The third-order valence-electron chi connectivity index (χ3n) is 3.48. The second-order valence-electron chi connectivity index (χ2n) is 5.21. The van der Waals surface area contributed by atoms with Crippen LogP contribution in [0.2, 0.25) is 5.02 Å². The maximum absolute atomic E-state index is 5.97. The van der Waals surface area contributed by atoms with Crippen molar-refractivity contribution in [2.45, 2.75) is 24.8 Å². The average molecular weight is 253 g/mol. The van der Waals surface area contributed by atoms with Gasteiger partial charge in [0.1, 0.15) is 0 Å². The summed E-state index contributed by atoms with van der Waals surface area (Å²) in [4.78, 5) is 2.26. The quantitative estimate of drug-likeness (QED) is 0.890. The lowest BCUT2D eigenvalue weighted by Crippen LogP contribution is -2.52. The summed E-state index contributed by atoms with van der Waals surface area (Å²) in [6.07, 6.45) is 3.78. The maximum atomic E-state index is 5.97. The van der Waals surface area contributed by atoms with Crippen LogP contribution in [0.1, 0.15) is 24.8 Å². The van der Waals surface area contributed by atoms with Crippen molar-refractivity contribution in [3.05, 3.63) is 34.9 Å². The fourth-order valence-corrected chi connectivity index (χ4v) is 2.88. The third-order valence-corrected chi connectivity index (χ3v) is 3.73. The molecule has 1 aliphatic rings. The van der Waals surface area contributed by atoms with Gasteiger partial charge in [-0.1, -0.05) is 23.7 Å². The zero-order valence-electron chi connectivity index (χ0n) is 10.7. The van der Waals surface area contributed by atoms with Crippen LogP contribution >= 0.6 is 11.6 Å². The van der Waals surface area contributed by atoms with E-state index >= 15 is 0 Å². The highest BCUT2D eigenvalue weighted by Crippen LogP contribution is 2.31. The number of rotatable bonds is 3. The molecule has 0 amide bonds. The lowest BCUT2D eigenvalue weighted by Gasteiger charge is -2.41. The predicted octanol–water partition coefficient (Wildman–Crippen LogP) is 2.87. The largest absolute Gasteiger partial charge is 0.307 e. The Hall–Kier alpha value is -0.570. The minimum atomic E-state index is 0.104. The first-order valence-electron chi connectivity index (χ1n) is 6.28. The number of hydrogen-bond acceptors (Lipinski definition) is 2. The van der Waals surface area contributed by atoms with Crippen LogP contribution in [0.5, 0.6) is 0 Å². The Bertz CT molecular complexity index is 353. The van der Waals surface area contributed by atoms with Crippen LogP contribution in [-0.4, -0.2) is 32.1 Å². The minimum absolute atomic E-state index is 0.104. The Morgan fingerprint density at radius 1 is 1.24 bits per heavy atom. The zero-order chi connectivity index (χ0) is 12.3. The van der Waals surface area contributed by atoms with Gasteiger partial charge in [0.25, 0.3) is 0 Å². The van der Waals surface area contributed by atoms with Gasteiger partial charge in [-0.15, -0.1) is 0 Å². The lowest BCUT2D eigenvalue weighted by molar-refractivity contribution is 0.190. The van der Waals surface area contributed by atoms with Crippen LogP contribution in [0.15, 0.2) is 24.3 Å². The number of nitrogens with one attached hydrogen (secondary N) is 1. The van der Waals surface area contributed by atoms with Crippen LogP contribution in [0.4, 0.5) is 0 Å². The first kappa shape index (κ1) is 12.9. The SMILES string of the molecule is CN(C)CC1(c2ccc(Cl)cc2)CCCCN1. The van der Waals surface area contributed by atoms with Crippen LogP contribution < -0.4 is 5.32 Å². The first-order valence-corrected chi connectivity index (χ1v) is 6.66. The molecule has 0 spiro atoms. The van der Waals surface area contributed by atoms with Gasteiger partial charge in [-0.2, -0.15) is 0 Å². The Morgan fingerprint density at radius 2 is 1.94 bits per heavy atom. The summed E-state index contributed by atoms with van der Waals surface area (Å²) in [5.74, 6) is 0. The van der Waals surface area contributed by atoms with E-state index in [1.54, 1.807) is 0 Å². The van der Waals surface area contributed by atoms with Crippen LogP contribution in [-0.2, 0) is 5.54 Å². The molecule has 0 radical (unpaired) electrons. The first-order chi connectivity index (χ1) is 8.12. The third kappa shape index (κ3) is 3.01. The molecule has 1 saturated heterocycles. The number of hydrogen-bond donors (Lipinski definition) is 1. The van der Waals surface area contributed by atoms with Gasteiger partial charge in [0.05, 0.1) is 5.54 Å². The summed E-state index contributed by atoms with van der Waals surface area (Å²) in [7, 11) is 4.27. The molecule has 3 heteroatoms. The molecular formula is C14H21ClN2. The molecule has 1 unspecified atom stereocenters. The summed E-state index contributed by atoms with van der Waals surface area (Å²) >= 11 is 5.97. The molecule has 1 N–H and O–H groups in total. The highest BCUT2D eigenvalue weighted by molar-refractivity contribution is 6.30. The fraction of sp³-hybridized carbons (Fsp3) is 0.571. The van der Waals surface area contributed by atoms with Crippen molar-refractivity contribution < 1.29 is 0 Å². The van der Waals surface area contributed by atoms with Gasteiger partial charge < -0.3 is 10.2 Å². The van der Waals surface area contributed by atoms with Gasteiger partial charge in [-0.25, -0.2) is 0 Å². The van der Waals surface area contributed by atoms with Gasteiger partial charge in [-0.05, 0) is 57.6 Å². The Balaban J connectivity index is 2.28. The van der Waals surface area contributed by atoms with Crippen molar-refractivity contribution in [2.75, 3.05) is 27.2 Å².